The molecule has 2 N–H and O–H groups in total. The van der Waals surface area contributed by atoms with Gasteiger partial charge in [-0.2, -0.15) is 11.3 Å². The molecule has 2 unspecified atom stereocenters. The fourth-order valence-corrected chi connectivity index (χ4v) is 2.51. The Kier molecular flexibility index (Phi) is 4.47. The molecule has 0 saturated carbocycles. The van der Waals surface area contributed by atoms with Gasteiger partial charge in [-0.15, -0.1) is 0 Å². The standard InChI is InChI=1S/C14H16FNOS/c1-10(12-4-2-3-5-13(12)15)16-8-14(17)11-6-7-18-9-11/h2-7,9-10,14,16-17H,8H2,1H3. The number of hydrogen-bond donors (Lipinski definition) is 2. The number of rotatable bonds is 5. The van der Waals surface area contributed by atoms with Crippen LogP contribution >= 0.6 is 11.3 Å². The van der Waals surface area contributed by atoms with Crippen LogP contribution in [0, 0.1) is 5.82 Å². The summed E-state index contributed by atoms with van der Waals surface area (Å²) in [6.45, 7) is 2.30. The summed E-state index contributed by atoms with van der Waals surface area (Å²) in [4.78, 5) is 0. The molecule has 18 heavy (non-hydrogen) atoms. The number of halogens is 1. The highest BCUT2D eigenvalue weighted by Crippen LogP contribution is 2.19. The second kappa shape index (κ2) is 6.09. The van der Waals surface area contributed by atoms with Gasteiger partial charge in [-0.25, -0.2) is 4.39 Å². The van der Waals surface area contributed by atoms with E-state index in [-0.39, 0.29) is 11.9 Å². The second-order valence-corrected chi connectivity index (χ2v) is 5.00. The normalized spacial score (nSPS) is 14.4. The number of aliphatic hydroxyl groups is 1. The Morgan fingerprint density at radius 2 is 2.11 bits per heavy atom. The molecule has 0 aliphatic heterocycles. The summed E-state index contributed by atoms with van der Waals surface area (Å²) in [6, 6.07) is 8.45. The number of hydrogen-bond acceptors (Lipinski definition) is 3. The largest absolute Gasteiger partial charge is 0.387 e. The molecule has 0 amide bonds. The number of nitrogens with one attached hydrogen (secondary N) is 1. The third-order valence-electron chi connectivity index (χ3n) is 2.92. The van der Waals surface area contributed by atoms with Crippen LogP contribution in [0.1, 0.15) is 30.2 Å². The minimum atomic E-state index is -0.550. The Labute approximate surface area is 110 Å². The molecule has 0 aliphatic carbocycles. The summed E-state index contributed by atoms with van der Waals surface area (Å²) in [5.41, 5.74) is 1.52. The lowest BCUT2D eigenvalue weighted by Crippen LogP contribution is -2.25. The van der Waals surface area contributed by atoms with E-state index in [1.807, 2.05) is 29.8 Å². The highest BCUT2D eigenvalue weighted by Gasteiger charge is 2.13. The minimum Gasteiger partial charge on any atom is -0.387 e. The molecule has 1 aromatic heterocycles. The maximum Gasteiger partial charge on any atom is 0.127 e. The molecule has 96 valence electrons. The average molecular weight is 265 g/mol. The number of thiophene rings is 1. The van der Waals surface area contributed by atoms with Gasteiger partial charge in [-0.1, -0.05) is 18.2 Å². The minimum absolute atomic E-state index is 0.125. The van der Waals surface area contributed by atoms with Crippen molar-refractivity contribution in [2.75, 3.05) is 6.54 Å². The molecule has 2 rings (SSSR count). The van der Waals surface area contributed by atoms with Crippen LogP contribution in [0.4, 0.5) is 4.39 Å². The molecule has 2 nitrogen and oxygen atoms in total. The van der Waals surface area contributed by atoms with Crippen LogP contribution in [0.15, 0.2) is 41.1 Å². The lowest BCUT2D eigenvalue weighted by molar-refractivity contribution is 0.171. The molecule has 1 heterocycles. The zero-order chi connectivity index (χ0) is 13.0. The maximum atomic E-state index is 13.5. The van der Waals surface area contributed by atoms with Gasteiger partial charge in [0.15, 0.2) is 0 Å². The van der Waals surface area contributed by atoms with E-state index in [2.05, 4.69) is 5.32 Å². The van der Waals surface area contributed by atoms with E-state index in [0.29, 0.717) is 12.1 Å². The summed E-state index contributed by atoms with van der Waals surface area (Å²) in [5, 5.41) is 16.9. The SMILES string of the molecule is CC(NCC(O)c1ccsc1)c1ccccc1F. The third-order valence-corrected chi connectivity index (χ3v) is 3.62. The highest BCUT2D eigenvalue weighted by atomic mass is 32.1. The van der Waals surface area contributed by atoms with E-state index >= 15 is 0 Å². The van der Waals surface area contributed by atoms with Crippen LogP contribution in [0.2, 0.25) is 0 Å². The molecule has 2 aromatic rings. The summed E-state index contributed by atoms with van der Waals surface area (Å²) in [7, 11) is 0. The van der Waals surface area contributed by atoms with Gasteiger partial charge in [0.1, 0.15) is 5.82 Å². The van der Waals surface area contributed by atoms with Gasteiger partial charge >= 0.3 is 0 Å². The molecule has 1 aromatic carbocycles. The van der Waals surface area contributed by atoms with Crippen molar-refractivity contribution in [1.82, 2.24) is 5.32 Å². The lowest BCUT2D eigenvalue weighted by atomic mass is 10.1. The zero-order valence-corrected chi connectivity index (χ0v) is 11.0. The molecule has 0 bridgehead atoms. The molecule has 0 fully saturated rings. The van der Waals surface area contributed by atoms with Crippen LogP contribution in [0.25, 0.3) is 0 Å². The van der Waals surface area contributed by atoms with E-state index in [1.54, 1.807) is 23.5 Å². The van der Waals surface area contributed by atoms with Crippen LogP contribution in [0.3, 0.4) is 0 Å². The van der Waals surface area contributed by atoms with Gasteiger partial charge in [0, 0.05) is 18.2 Å². The molecule has 4 heteroatoms. The molecule has 0 spiro atoms. The van der Waals surface area contributed by atoms with E-state index in [4.69, 9.17) is 0 Å². The molecule has 0 aliphatic rings. The summed E-state index contributed by atoms with van der Waals surface area (Å²) in [5.74, 6) is -0.220. The molecular weight excluding hydrogens is 249 g/mol. The van der Waals surface area contributed by atoms with E-state index in [1.165, 1.54) is 6.07 Å². The predicted molar refractivity (Wildman–Crippen MR) is 72.1 cm³/mol. The van der Waals surface area contributed by atoms with Crippen molar-refractivity contribution in [2.24, 2.45) is 0 Å². The predicted octanol–water partition coefficient (Wildman–Crippen LogP) is 3.27. The highest BCUT2D eigenvalue weighted by molar-refractivity contribution is 7.07. The quantitative estimate of drug-likeness (QED) is 0.869. The van der Waals surface area contributed by atoms with Crippen LogP contribution in [0.5, 0.6) is 0 Å². The lowest BCUT2D eigenvalue weighted by Gasteiger charge is -2.17. The van der Waals surface area contributed by atoms with Crippen molar-refractivity contribution < 1.29 is 9.50 Å². The monoisotopic (exact) mass is 265 g/mol. The van der Waals surface area contributed by atoms with Crippen LogP contribution in [-0.2, 0) is 0 Å². The van der Waals surface area contributed by atoms with Gasteiger partial charge in [0.25, 0.3) is 0 Å². The van der Waals surface area contributed by atoms with E-state index < -0.39 is 6.10 Å². The zero-order valence-electron chi connectivity index (χ0n) is 10.1. The van der Waals surface area contributed by atoms with Crippen molar-refractivity contribution in [2.45, 2.75) is 19.1 Å². The van der Waals surface area contributed by atoms with Gasteiger partial charge in [-0.3, -0.25) is 0 Å². The fourth-order valence-electron chi connectivity index (χ4n) is 1.81. The Bertz CT molecular complexity index is 486. The summed E-state index contributed by atoms with van der Waals surface area (Å²) < 4.78 is 13.5. The molecular formula is C14H16FNOS. The van der Waals surface area contributed by atoms with Gasteiger partial charge in [0.2, 0.25) is 0 Å². The van der Waals surface area contributed by atoms with Crippen LogP contribution in [-0.4, -0.2) is 11.7 Å². The maximum absolute atomic E-state index is 13.5. The molecule has 0 radical (unpaired) electrons. The Morgan fingerprint density at radius 1 is 1.33 bits per heavy atom. The smallest absolute Gasteiger partial charge is 0.127 e. The van der Waals surface area contributed by atoms with Crippen molar-refractivity contribution in [3.63, 3.8) is 0 Å². The summed E-state index contributed by atoms with van der Waals surface area (Å²) in [6.07, 6.45) is -0.550. The Morgan fingerprint density at radius 3 is 2.78 bits per heavy atom. The molecule has 2 atom stereocenters. The number of aliphatic hydroxyl groups excluding tert-OH is 1. The third kappa shape index (κ3) is 3.16. The van der Waals surface area contributed by atoms with Crippen molar-refractivity contribution in [3.8, 4) is 0 Å². The topological polar surface area (TPSA) is 32.3 Å². The number of benzene rings is 1. The van der Waals surface area contributed by atoms with E-state index in [0.717, 1.165) is 5.56 Å². The van der Waals surface area contributed by atoms with Crippen molar-refractivity contribution >= 4 is 11.3 Å². The van der Waals surface area contributed by atoms with Crippen molar-refractivity contribution in [1.29, 1.82) is 0 Å². The first kappa shape index (κ1) is 13.2. The first-order valence-corrected chi connectivity index (χ1v) is 6.80. The first-order chi connectivity index (χ1) is 8.68. The van der Waals surface area contributed by atoms with Crippen molar-refractivity contribution in [3.05, 3.63) is 58.0 Å². The van der Waals surface area contributed by atoms with Crippen LogP contribution < -0.4 is 5.32 Å². The molecule has 0 saturated heterocycles. The Balaban J connectivity index is 1.93. The average Bonchev–Trinajstić information content (AvgIpc) is 2.90. The van der Waals surface area contributed by atoms with Gasteiger partial charge < -0.3 is 10.4 Å². The summed E-state index contributed by atoms with van der Waals surface area (Å²) >= 11 is 1.55. The van der Waals surface area contributed by atoms with Gasteiger partial charge in [0.05, 0.1) is 6.10 Å². The Hall–Kier alpha value is -1.23. The second-order valence-electron chi connectivity index (χ2n) is 4.22. The van der Waals surface area contributed by atoms with E-state index in [9.17, 15) is 9.50 Å². The first-order valence-electron chi connectivity index (χ1n) is 5.86. The van der Waals surface area contributed by atoms with Gasteiger partial charge in [-0.05, 0) is 35.4 Å². The fraction of sp³-hybridized carbons (Fsp3) is 0.286.